The smallest absolute Gasteiger partial charge is 0.320 e. The van der Waals surface area contributed by atoms with Crippen LogP contribution in [-0.4, -0.2) is 74.4 Å². The second kappa shape index (κ2) is 5.47. The number of urea groups is 1. The van der Waals surface area contributed by atoms with Gasteiger partial charge in [0, 0.05) is 39.3 Å². The standard InChI is InChI=1S/C10H20N4O2/c11-7-9-8-12-1-2-14(9)10(15)13-3-5-16-6-4-13/h9,12H,1-8,11H2. The summed E-state index contributed by atoms with van der Waals surface area (Å²) in [5, 5.41) is 3.26. The molecule has 16 heavy (non-hydrogen) atoms. The number of hydrogen-bond acceptors (Lipinski definition) is 4. The van der Waals surface area contributed by atoms with E-state index >= 15 is 0 Å². The van der Waals surface area contributed by atoms with Crippen molar-refractivity contribution in [2.75, 3.05) is 52.5 Å². The van der Waals surface area contributed by atoms with Crippen LogP contribution in [0.15, 0.2) is 0 Å². The number of nitrogens with one attached hydrogen (secondary N) is 1. The fraction of sp³-hybridized carbons (Fsp3) is 0.900. The van der Waals surface area contributed by atoms with Gasteiger partial charge in [0.25, 0.3) is 0 Å². The SMILES string of the molecule is NCC1CNCCN1C(=O)N1CCOCC1. The van der Waals surface area contributed by atoms with E-state index in [0.717, 1.165) is 19.6 Å². The number of carbonyl (C=O) groups is 1. The number of amides is 2. The second-order valence-corrected chi connectivity index (χ2v) is 4.17. The molecule has 0 radical (unpaired) electrons. The van der Waals surface area contributed by atoms with Crippen LogP contribution in [0.25, 0.3) is 0 Å². The summed E-state index contributed by atoms with van der Waals surface area (Å²) in [5.41, 5.74) is 5.68. The third-order valence-corrected chi connectivity index (χ3v) is 3.15. The van der Waals surface area contributed by atoms with E-state index in [-0.39, 0.29) is 12.1 Å². The Hall–Kier alpha value is -0.850. The molecule has 1 atom stereocenters. The van der Waals surface area contributed by atoms with E-state index in [4.69, 9.17) is 10.5 Å². The Morgan fingerprint density at radius 2 is 2.12 bits per heavy atom. The van der Waals surface area contributed by atoms with Crippen molar-refractivity contribution in [1.29, 1.82) is 0 Å². The molecule has 3 N–H and O–H groups in total. The Balaban J connectivity index is 1.95. The van der Waals surface area contributed by atoms with Crippen molar-refractivity contribution >= 4 is 6.03 Å². The molecule has 1 unspecified atom stereocenters. The molecule has 6 nitrogen and oxygen atoms in total. The lowest BCUT2D eigenvalue weighted by molar-refractivity contribution is 0.0374. The average Bonchev–Trinajstić information content (AvgIpc) is 2.39. The van der Waals surface area contributed by atoms with Crippen LogP contribution in [0.1, 0.15) is 0 Å². The number of carbonyl (C=O) groups excluding carboxylic acids is 1. The summed E-state index contributed by atoms with van der Waals surface area (Å²) in [5.74, 6) is 0. The summed E-state index contributed by atoms with van der Waals surface area (Å²) >= 11 is 0. The molecule has 0 aromatic heterocycles. The Labute approximate surface area is 95.7 Å². The van der Waals surface area contributed by atoms with Crippen molar-refractivity contribution in [1.82, 2.24) is 15.1 Å². The maximum Gasteiger partial charge on any atom is 0.320 e. The molecule has 2 fully saturated rings. The summed E-state index contributed by atoms with van der Waals surface area (Å²) in [6, 6.07) is 0.240. The fourth-order valence-electron chi connectivity index (χ4n) is 2.16. The van der Waals surface area contributed by atoms with Crippen LogP contribution < -0.4 is 11.1 Å². The number of ether oxygens (including phenoxy) is 1. The fourth-order valence-corrected chi connectivity index (χ4v) is 2.16. The molecule has 2 heterocycles. The van der Waals surface area contributed by atoms with Crippen molar-refractivity contribution in [2.24, 2.45) is 5.73 Å². The van der Waals surface area contributed by atoms with Gasteiger partial charge in [0.1, 0.15) is 0 Å². The zero-order chi connectivity index (χ0) is 11.4. The molecule has 0 saturated carbocycles. The minimum atomic E-state index is 0.111. The lowest BCUT2D eigenvalue weighted by atomic mass is 10.2. The molecule has 0 spiro atoms. The van der Waals surface area contributed by atoms with Gasteiger partial charge in [-0.15, -0.1) is 0 Å². The molecule has 2 saturated heterocycles. The largest absolute Gasteiger partial charge is 0.378 e. The van der Waals surface area contributed by atoms with E-state index in [2.05, 4.69) is 5.32 Å². The van der Waals surface area contributed by atoms with Crippen LogP contribution >= 0.6 is 0 Å². The van der Waals surface area contributed by atoms with Gasteiger partial charge >= 0.3 is 6.03 Å². The van der Waals surface area contributed by atoms with Gasteiger partial charge in [0.05, 0.1) is 19.3 Å². The monoisotopic (exact) mass is 228 g/mol. The van der Waals surface area contributed by atoms with E-state index in [1.807, 2.05) is 9.80 Å². The number of nitrogens with zero attached hydrogens (tertiary/aromatic N) is 2. The maximum absolute atomic E-state index is 12.2. The van der Waals surface area contributed by atoms with Gasteiger partial charge in [-0.3, -0.25) is 0 Å². The lowest BCUT2D eigenvalue weighted by Crippen LogP contribution is -2.60. The molecule has 0 aromatic rings. The molecule has 0 aromatic carbocycles. The van der Waals surface area contributed by atoms with Crippen LogP contribution in [0, 0.1) is 0 Å². The third-order valence-electron chi connectivity index (χ3n) is 3.15. The van der Waals surface area contributed by atoms with E-state index in [9.17, 15) is 4.79 Å². The van der Waals surface area contributed by atoms with Gasteiger partial charge in [0.15, 0.2) is 0 Å². The number of piperazine rings is 1. The van der Waals surface area contributed by atoms with E-state index < -0.39 is 0 Å². The molecule has 2 amide bonds. The topological polar surface area (TPSA) is 70.8 Å². The zero-order valence-corrected chi connectivity index (χ0v) is 9.52. The van der Waals surface area contributed by atoms with Gasteiger partial charge < -0.3 is 25.6 Å². The Morgan fingerprint density at radius 3 is 2.81 bits per heavy atom. The first-order chi connectivity index (χ1) is 7.83. The molecular weight excluding hydrogens is 208 g/mol. The van der Waals surface area contributed by atoms with Crippen molar-refractivity contribution in [3.8, 4) is 0 Å². The molecule has 2 aliphatic rings. The van der Waals surface area contributed by atoms with E-state index in [0.29, 0.717) is 32.8 Å². The third kappa shape index (κ3) is 2.45. The highest BCUT2D eigenvalue weighted by atomic mass is 16.5. The minimum Gasteiger partial charge on any atom is -0.378 e. The summed E-state index contributed by atoms with van der Waals surface area (Å²) in [4.78, 5) is 16.0. The first kappa shape index (κ1) is 11.6. The summed E-state index contributed by atoms with van der Waals surface area (Å²) < 4.78 is 5.24. The Morgan fingerprint density at radius 1 is 1.38 bits per heavy atom. The number of hydrogen-bond donors (Lipinski definition) is 2. The molecule has 92 valence electrons. The van der Waals surface area contributed by atoms with Crippen LogP contribution in [0.5, 0.6) is 0 Å². The van der Waals surface area contributed by atoms with Crippen LogP contribution in [-0.2, 0) is 4.74 Å². The maximum atomic E-state index is 12.2. The van der Waals surface area contributed by atoms with E-state index in [1.54, 1.807) is 0 Å². The Bertz CT molecular complexity index is 243. The number of morpholine rings is 1. The highest BCUT2D eigenvalue weighted by Gasteiger charge is 2.29. The highest BCUT2D eigenvalue weighted by molar-refractivity contribution is 5.75. The number of rotatable bonds is 1. The van der Waals surface area contributed by atoms with E-state index in [1.165, 1.54) is 0 Å². The van der Waals surface area contributed by atoms with Crippen molar-refractivity contribution < 1.29 is 9.53 Å². The predicted molar refractivity (Wildman–Crippen MR) is 60.2 cm³/mol. The molecular formula is C10H20N4O2. The zero-order valence-electron chi connectivity index (χ0n) is 9.52. The summed E-state index contributed by atoms with van der Waals surface area (Å²) in [6.07, 6.45) is 0. The first-order valence-corrected chi connectivity index (χ1v) is 5.87. The minimum absolute atomic E-state index is 0.111. The number of nitrogens with two attached hydrogens (primary N) is 1. The predicted octanol–water partition coefficient (Wildman–Crippen LogP) is -1.33. The molecule has 0 bridgehead atoms. The van der Waals surface area contributed by atoms with Gasteiger partial charge in [-0.1, -0.05) is 0 Å². The average molecular weight is 228 g/mol. The van der Waals surface area contributed by atoms with Gasteiger partial charge in [-0.25, -0.2) is 4.79 Å². The van der Waals surface area contributed by atoms with Crippen molar-refractivity contribution in [3.63, 3.8) is 0 Å². The van der Waals surface area contributed by atoms with Crippen LogP contribution in [0.2, 0.25) is 0 Å². The van der Waals surface area contributed by atoms with Crippen LogP contribution in [0.3, 0.4) is 0 Å². The normalized spacial score (nSPS) is 26.9. The second-order valence-electron chi connectivity index (χ2n) is 4.17. The first-order valence-electron chi connectivity index (χ1n) is 5.87. The van der Waals surface area contributed by atoms with Crippen molar-refractivity contribution in [2.45, 2.75) is 6.04 Å². The molecule has 2 aliphatic heterocycles. The molecule has 2 rings (SSSR count). The van der Waals surface area contributed by atoms with Gasteiger partial charge in [0.2, 0.25) is 0 Å². The summed E-state index contributed by atoms with van der Waals surface area (Å²) in [7, 11) is 0. The lowest BCUT2D eigenvalue weighted by Gasteiger charge is -2.39. The van der Waals surface area contributed by atoms with Gasteiger partial charge in [-0.2, -0.15) is 0 Å². The highest BCUT2D eigenvalue weighted by Crippen LogP contribution is 2.08. The molecule has 0 aliphatic carbocycles. The van der Waals surface area contributed by atoms with Gasteiger partial charge in [-0.05, 0) is 0 Å². The Kier molecular flexibility index (Phi) is 3.98. The molecule has 6 heteroatoms. The van der Waals surface area contributed by atoms with Crippen molar-refractivity contribution in [3.05, 3.63) is 0 Å². The quantitative estimate of drug-likeness (QED) is 0.583. The summed E-state index contributed by atoms with van der Waals surface area (Å²) in [6.45, 7) is 5.59. The van der Waals surface area contributed by atoms with Crippen LogP contribution in [0.4, 0.5) is 4.79 Å².